The lowest BCUT2D eigenvalue weighted by Crippen LogP contribution is -2.12. The van der Waals surface area contributed by atoms with Crippen LogP contribution < -0.4 is 0 Å². The standard InChI is InChI=1S/C25H25NO3/c1-18-10-12-22(13-11-18)24(27)23-9-5-15-26(23)14-4-8-20-6-3-7-21(17-20)16-19(2)25(28)29/h3-13,15,17,19H,14,16H2,1-2H3,(H,28,29). The summed E-state index contributed by atoms with van der Waals surface area (Å²) in [5, 5.41) is 9.08. The molecule has 1 aromatic heterocycles. The summed E-state index contributed by atoms with van der Waals surface area (Å²) in [5.74, 6) is -1.19. The molecule has 0 aliphatic heterocycles. The smallest absolute Gasteiger partial charge is 0.306 e. The van der Waals surface area contributed by atoms with Crippen molar-refractivity contribution in [2.45, 2.75) is 26.8 Å². The molecule has 3 rings (SSSR count). The summed E-state index contributed by atoms with van der Waals surface area (Å²) in [5.41, 5.74) is 4.47. The highest BCUT2D eigenvalue weighted by Gasteiger charge is 2.13. The Morgan fingerprint density at radius 3 is 2.55 bits per heavy atom. The summed E-state index contributed by atoms with van der Waals surface area (Å²) < 4.78 is 1.93. The van der Waals surface area contributed by atoms with E-state index in [9.17, 15) is 9.59 Å². The first-order chi connectivity index (χ1) is 13.9. The maximum Gasteiger partial charge on any atom is 0.306 e. The van der Waals surface area contributed by atoms with Crippen LogP contribution in [0.2, 0.25) is 0 Å². The van der Waals surface area contributed by atoms with Gasteiger partial charge in [0.05, 0.1) is 11.6 Å². The third-order valence-electron chi connectivity index (χ3n) is 4.90. The molecule has 1 N–H and O–H groups in total. The minimum Gasteiger partial charge on any atom is -0.481 e. The molecule has 1 heterocycles. The molecule has 0 saturated carbocycles. The Labute approximate surface area is 171 Å². The van der Waals surface area contributed by atoms with Gasteiger partial charge in [0.15, 0.2) is 0 Å². The number of hydrogen-bond acceptors (Lipinski definition) is 2. The number of allylic oxidation sites excluding steroid dienone is 1. The Morgan fingerprint density at radius 2 is 1.83 bits per heavy atom. The second-order valence-electron chi connectivity index (χ2n) is 7.33. The molecule has 0 amide bonds. The summed E-state index contributed by atoms with van der Waals surface area (Å²) in [4.78, 5) is 23.8. The number of carbonyl (C=O) groups excluding carboxylic acids is 1. The van der Waals surface area contributed by atoms with Crippen molar-refractivity contribution >= 4 is 17.8 Å². The van der Waals surface area contributed by atoms with Crippen LogP contribution in [0.5, 0.6) is 0 Å². The van der Waals surface area contributed by atoms with E-state index in [2.05, 4.69) is 0 Å². The number of aromatic nitrogens is 1. The first-order valence-corrected chi connectivity index (χ1v) is 9.69. The molecule has 1 unspecified atom stereocenters. The fourth-order valence-electron chi connectivity index (χ4n) is 3.20. The number of carboxylic acids is 1. The van der Waals surface area contributed by atoms with Crippen molar-refractivity contribution in [2.75, 3.05) is 0 Å². The van der Waals surface area contributed by atoms with Gasteiger partial charge >= 0.3 is 5.97 Å². The molecular formula is C25H25NO3. The van der Waals surface area contributed by atoms with Crippen molar-refractivity contribution in [3.8, 4) is 0 Å². The highest BCUT2D eigenvalue weighted by molar-refractivity contribution is 6.08. The van der Waals surface area contributed by atoms with E-state index in [1.807, 2.05) is 90.5 Å². The van der Waals surface area contributed by atoms with Crippen LogP contribution in [0.1, 0.15) is 39.7 Å². The number of ketones is 1. The van der Waals surface area contributed by atoms with Gasteiger partial charge in [0.2, 0.25) is 5.78 Å². The van der Waals surface area contributed by atoms with E-state index in [0.717, 1.165) is 16.7 Å². The van der Waals surface area contributed by atoms with Crippen molar-refractivity contribution in [3.05, 3.63) is 101 Å². The summed E-state index contributed by atoms with van der Waals surface area (Å²) >= 11 is 0. The summed E-state index contributed by atoms with van der Waals surface area (Å²) in [6.45, 7) is 4.29. The van der Waals surface area contributed by atoms with Crippen molar-refractivity contribution in [3.63, 3.8) is 0 Å². The van der Waals surface area contributed by atoms with Crippen molar-refractivity contribution < 1.29 is 14.7 Å². The van der Waals surface area contributed by atoms with E-state index in [4.69, 9.17) is 5.11 Å². The maximum atomic E-state index is 12.8. The fourth-order valence-corrected chi connectivity index (χ4v) is 3.20. The summed E-state index contributed by atoms with van der Waals surface area (Å²) in [7, 11) is 0. The minimum atomic E-state index is -0.788. The molecule has 1 atom stereocenters. The van der Waals surface area contributed by atoms with Crippen LogP contribution in [-0.4, -0.2) is 21.4 Å². The average molecular weight is 387 g/mol. The van der Waals surface area contributed by atoms with Gasteiger partial charge in [0, 0.05) is 18.3 Å². The number of aliphatic carboxylic acids is 1. The molecule has 0 radical (unpaired) electrons. The van der Waals surface area contributed by atoms with Crippen LogP contribution in [-0.2, 0) is 17.8 Å². The maximum absolute atomic E-state index is 12.8. The molecule has 2 aromatic carbocycles. The van der Waals surface area contributed by atoms with E-state index in [-0.39, 0.29) is 5.78 Å². The van der Waals surface area contributed by atoms with Crippen LogP contribution >= 0.6 is 0 Å². The predicted molar refractivity (Wildman–Crippen MR) is 115 cm³/mol. The summed E-state index contributed by atoms with van der Waals surface area (Å²) in [6.07, 6.45) is 6.40. The highest BCUT2D eigenvalue weighted by Crippen LogP contribution is 2.14. The van der Waals surface area contributed by atoms with Gasteiger partial charge in [-0.1, -0.05) is 73.2 Å². The Balaban J connectivity index is 1.69. The molecule has 3 aromatic rings. The monoisotopic (exact) mass is 387 g/mol. The van der Waals surface area contributed by atoms with Gasteiger partial charge in [-0.05, 0) is 36.6 Å². The molecule has 0 aliphatic carbocycles. The molecule has 0 aliphatic rings. The number of aryl methyl sites for hydroxylation is 1. The minimum absolute atomic E-state index is 0.00746. The van der Waals surface area contributed by atoms with Crippen LogP contribution in [0.15, 0.2) is 72.9 Å². The Kier molecular flexibility index (Phi) is 6.45. The zero-order valence-electron chi connectivity index (χ0n) is 16.7. The summed E-state index contributed by atoms with van der Waals surface area (Å²) in [6, 6.07) is 19.2. The van der Waals surface area contributed by atoms with Crippen LogP contribution in [0.4, 0.5) is 0 Å². The first-order valence-electron chi connectivity index (χ1n) is 9.69. The molecule has 4 heteroatoms. The predicted octanol–water partition coefficient (Wildman–Crippen LogP) is 5.00. The van der Waals surface area contributed by atoms with Gasteiger partial charge in [0.1, 0.15) is 0 Å². The fraction of sp³-hybridized carbons (Fsp3) is 0.200. The molecule has 0 saturated heterocycles. The average Bonchev–Trinajstić information content (AvgIpc) is 3.17. The topological polar surface area (TPSA) is 59.3 Å². The number of rotatable bonds is 8. The second-order valence-corrected chi connectivity index (χ2v) is 7.33. The van der Waals surface area contributed by atoms with Crippen molar-refractivity contribution in [2.24, 2.45) is 5.92 Å². The van der Waals surface area contributed by atoms with Gasteiger partial charge < -0.3 is 9.67 Å². The van der Waals surface area contributed by atoms with E-state index in [1.165, 1.54) is 0 Å². The molecule has 0 fully saturated rings. The van der Waals surface area contributed by atoms with E-state index >= 15 is 0 Å². The Bertz CT molecular complexity index is 1030. The number of hydrogen-bond donors (Lipinski definition) is 1. The zero-order valence-corrected chi connectivity index (χ0v) is 16.7. The number of carboxylic acid groups (broad SMARTS) is 1. The van der Waals surface area contributed by atoms with Gasteiger partial charge in [-0.15, -0.1) is 0 Å². The quantitative estimate of drug-likeness (QED) is 0.553. The van der Waals surface area contributed by atoms with Gasteiger partial charge in [-0.3, -0.25) is 9.59 Å². The normalized spacial score (nSPS) is 12.2. The Morgan fingerprint density at radius 1 is 1.07 bits per heavy atom. The Hall–Kier alpha value is -3.40. The number of benzene rings is 2. The zero-order chi connectivity index (χ0) is 20.8. The number of nitrogens with zero attached hydrogens (tertiary/aromatic N) is 1. The van der Waals surface area contributed by atoms with E-state index in [1.54, 1.807) is 6.92 Å². The number of carbonyl (C=O) groups is 2. The first kappa shape index (κ1) is 20.3. The SMILES string of the molecule is Cc1ccc(C(=O)c2cccn2CC=Cc2cccc(CC(C)C(=O)O)c2)cc1. The van der Waals surface area contributed by atoms with Crippen LogP contribution in [0, 0.1) is 12.8 Å². The lowest BCUT2D eigenvalue weighted by molar-refractivity contribution is -0.141. The molecule has 0 bridgehead atoms. The molecule has 4 nitrogen and oxygen atoms in total. The lowest BCUT2D eigenvalue weighted by atomic mass is 9.99. The van der Waals surface area contributed by atoms with Gasteiger partial charge in [-0.25, -0.2) is 0 Å². The van der Waals surface area contributed by atoms with Crippen molar-refractivity contribution in [1.29, 1.82) is 0 Å². The highest BCUT2D eigenvalue weighted by atomic mass is 16.4. The van der Waals surface area contributed by atoms with Gasteiger partial charge in [0.25, 0.3) is 0 Å². The molecule has 0 spiro atoms. The van der Waals surface area contributed by atoms with Crippen LogP contribution in [0.25, 0.3) is 6.08 Å². The van der Waals surface area contributed by atoms with E-state index < -0.39 is 11.9 Å². The largest absolute Gasteiger partial charge is 0.481 e. The molecular weight excluding hydrogens is 362 g/mol. The van der Waals surface area contributed by atoms with Crippen LogP contribution in [0.3, 0.4) is 0 Å². The molecule has 29 heavy (non-hydrogen) atoms. The van der Waals surface area contributed by atoms with Gasteiger partial charge in [-0.2, -0.15) is 0 Å². The third-order valence-corrected chi connectivity index (χ3v) is 4.90. The second kappa shape index (κ2) is 9.20. The van der Waals surface area contributed by atoms with E-state index in [0.29, 0.717) is 24.2 Å². The lowest BCUT2D eigenvalue weighted by Gasteiger charge is -2.08. The molecule has 148 valence electrons. The van der Waals surface area contributed by atoms with Crippen molar-refractivity contribution in [1.82, 2.24) is 4.57 Å². The third kappa shape index (κ3) is 5.32.